The Balaban J connectivity index is 4.55. The molecule has 0 fully saturated rings. The molecule has 0 aliphatic heterocycles. The van der Waals surface area contributed by atoms with Crippen LogP contribution in [-0.2, 0) is 14.3 Å². The van der Waals surface area contributed by atoms with Gasteiger partial charge in [-0.1, -0.05) is 263 Å². The summed E-state index contributed by atoms with van der Waals surface area (Å²) in [7, 11) is 0. The fourth-order valence-corrected chi connectivity index (χ4v) is 8.55. The number of amides is 1. The lowest BCUT2D eigenvalue weighted by molar-refractivity contribution is -0.151. The summed E-state index contributed by atoms with van der Waals surface area (Å²) in [5.41, 5.74) is 0. The Hall–Kier alpha value is -1.92. The maximum absolute atomic E-state index is 13.2. The van der Waals surface area contributed by atoms with Crippen LogP contribution in [0.2, 0.25) is 0 Å². The molecular formula is C57H107NO5. The monoisotopic (exact) mass is 886 g/mol. The third-order valence-corrected chi connectivity index (χ3v) is 12.8. The lowest BCUT2D eigenvalue weighted by Crippen LogP contribution is -2.46. The van der Waals surface area contributed by atoms with Crippen LogP contribution in [0.4, 0.5) is 0 Å². The van der Waals surface area contributed by atoms with E-state index in [9.17, 15) is 19.8 Å². The fourth-order valence-electron chi connectivity index (χ4n) is 8.55. The van der Waals surface area contributed by atoms with Crippen LogP contribution >= 0.6 is 0 Å². The smallest absolute Gasteiger partial charge is 0.306 e. The molecule has 0 aromatic carbocycles. The van der Waals surface area contributed by atoms with Gasteiger partial charge in [-0.3, -0.25) is 9.59 Å². The number of aliphatic hydroxyl groups excluding tert-OH is 2. The molecule has 370 valence electrons. The number of hydrogen-bond donors (Lipinski definition) is 3. The molecule has 0 saturated heterocycles. The molecule has 63 heavy (non-hydrogen) atoms. The van der Waals surface area contributed by atoms with Gasteiger partial charge < -0.3 is 20.3 Å². The number of carbonyl (C=O) groups excluding carboxylic acids is 2. The highest BCUT2D eigenvalue weighted by Gasteiger charge is 2.24. The van der Waals surface area contributed by atoms with Gasteiger partial charge in [-0.15, -0.1) is 0 Å². The van der Waals surface area contributed by atoms with Crippen LogP contribution in [0.15, 0.2) is 36.5 Å². The second kappa shape index (κ2) is 51.1. The van der Waals surface area contributed by atoms with Gasteiger partial charge in [0.2, 0.25) is 5.91 Å². The second-order valence-corrected chi connectivity index (χ2v) is 19.1. The first kappa shape index (κ1) is 61.1. The Morgan fingerprint density at radius 1 is 0.460 bits per heavy atom. The van der Waals surface area contributed by atoms with Gasteiger partial charge in [-0.2, -0.15) is 0 Å². The Morgan fingerprint density at radius 3 is 1.22 bits per heavy atom. The quantitative estimate of drug-likeness (QED) is 0.0321. The van der Waals surface area contributed by atoms with E-state index in [0.717, 1.165) is 70.6 Å². The number of rotatable bonds is 50. The summed E-state index contributed by atoms with van der Waals surface area (Å²) in [5, 5.41) is 23.7. The van der Waals surface area contributed by atoms with Crippen LogP contribution in [0.25, 0.3) is 0 Å². The van der Waals surface area contributed by atoms with Crippen molar-refractivity contribution < 1.29 is 24.5 Å². The van der Waals surface area contributed by atoms with Crippen molar-refractivity contribution in [3.8, 4) is 0 Å². The highest BCUT2D eigenvalue weighted by Crippen LogP contribution is 2.18. The summed E-state index contributed by atoms with van der Waals surface area (Å²) in [4.78, 5) is 26.2. The minimum atomic E-state index is -0.793. The number of hydrogen-bond acceptors (Lipinski definition) is 5. The maximum atomic E-state index is 13.2. The van der Waals surface area contributed by atoms with Crippen LogP contribution in [-0.4, -0.2) is 46.9 Å². The van der Waals surface area contributed by atoms with Crippen molar-refractivity contribution in [3.05, 3.63) is 36.5 Å². The molecule has 0 bridgehead atoms. The first-order valence-corrected chi connectivity index (χ1v) is 27.7. The predicted molar refractivity (Wildman–Crippen MR) is 273 cm³/mol. The van der Waals surface area contributed by atoms with Crippen LogP contribution in [0.1, 0.15) is 290 Å². The standard InChI is InChI=1S/C57H107NO5/c1-4-7-10-13-16-19-21-23-25-27-28-29-31-33-35-38-41-44-47-50-57(62)63-53(48-45-42-39-37-34-32-30-26-24-22-20-17-14-11-8-5-2)51-56(61)58-54(52-59)55(60)49-46-43-40-36-18-15-12-9-6-3/h22,24,26,30,32,34,53-55,59-60H,4-21,23,25,27-29,31,33,35-52H2,1-3H3,(H,58,61)/b24-22+,30-26+,34-32+. The van der Waals surface area contributed by atoms with Crippen LogP contribution in [0.3, 0.4) is 0 Å². The average molecular weight is 886 g/mol. The largest absolute Gasteiger partial charge is 0.462 e. The summed E-state index contributed by atoms with van der Waals surface area (Å²) in [6, 6.07) is -0.709. The molecule has 0 heterocycles. The molecule has 1 amide bonds. The van der Waals surface area contributed by atoms with E-state index in [1.807, 2.05) is 0 Å². The van der Waals surface area contributed by atoms with E-state index in [-0.39, 0.29) is 24.9 Å². The molecule has 0 aromatic rings. The van der Waals surface area contributed by atoms with Crippen molar-refractivity contribution in [1.29, 1.82) is 0 Å². The van der Waals surface area contributed by atoms with E-state index in [1.165, 1.54) is 173 Å². The van der Waals surface area contributed by atoms with Crippen molar-refractivity contribution in [2.24, 2.45) is 0 Å². The fraction of sp³-hybridized carbons (Fsp3) is 0.860. The van der Waals surface area contributed by atoms with Crippen LogP contribution < -0.4 is 5.32 Å². The third-order valence-electron chi connectivity index (χ3n) is 12.8. The topological polar surface area (TPSA) is 95.9 Å². The molecular weight excluding hydrogens is 779 g/mol. The summed E-state index contributed by atoms with van der Waals surface area (Å²) >= 11 is 0. The predicted octanol–water partition coefficient (Wildman–Crippen LogP) is 16.8. The maximum Gasteiger partial charge on any atom is 0.306 e. The summed E-state index contributed by atoms with van der Waals surface area (Å²) in [6.45, 7) is 6.46. The molecule has 0 aromatic heterocycles. The van der Waals surface area contributed by atoms with E-state index >= 15 is 0 Å². The van der Waals surface area contributed by atoms with Gasteiger partial charge in [0.1, 0.15) is 6.10 Å². The number of aliphatic hydroxyl groups is 2. The van der Waals surface area contributed by atoms with E-state index < -0.39 is 18.2 Å². The number of carbonyl (C=O) groups is 2. The molecule has 3 atom stereocenters. The minimum absolute atomic E-state index is 0.0587. The summed E-state index contributed by atoms with van der Waals surface area (Å²) in [5.74, 6) is -0.495. The van der Waals surface area contributed by atoms with Gasteiger partial charge in [0, 0.05) is 6.42 Å². The number of ether oxygens (including phenoxy) is 1. The van der Waals surface area contributed by atoms with Crippen molar-refractivity contribution in [3.63, 3.8) is 0 Å². The minimum Gasteiger partial charge on any atom is -0.462 e. The number of unbranched alkanes of at least 4 members (excludes halogenated alkanes) is 34. The lowest BCUT2D eigenvalue weighted by Gasteiger charge is -2.24. The SMILES string of the molecule is CCCCCCC/C=C/C=C/C=C/CCCCCC(CC(=O)NC(CO)C(O)CCCCCCCCCCC)OC(=O)CCCCCCCCCCCCCCCCCCCCC. The third kappa shape index (κ3) is 46.4. The van der Waals surface area contributed by atoms with Gasteiger partial charge in [0.05, 0.1) is 25.2 Å². The molecule has 3 unspecified atom stereocenters. The van der Waals surface area contributed by atoms with Gasteiger partial charge >= 0.3 is 5.97 Å². The van der Waals surface area contributed by atoms with Gasteiger partial charge in [0.15, 0.2) is 0 Å². The van der Waals surface area contributed by atoms with Crippen LogP contribution in [0, 0.1) is 0 Å². The zero-order chi connectivity index (χ0) is 45.9. The molecule has 3 N–H and O–H groups in total. The molecule has 0 rings (SSSR count). The molecule has 6 heteroatoms. The zero-order valence-electron chi connectivity index (χ0n) is 42.2. The van der Waals surface area contributed by atoms with E-state index in [1.54, 1.807) is 0 Å². The molecule has 6 nitrogen and oxygen atoms in total. The summed E-state index contributed by atoms with van der Waals surface area (Å²) < 4.78 is 5.94. The van der Waals surface area contributed by atoms with Crippen molar-refractivity contribution in [1.82, 2.24) is 5.32 Å². The number of esters is 1. The normalized spacial score (nSPS) is 13.4. The lowest BCUT2D eigenvalue weighted by atomic mass is 10.0. The average Bonchev–Trinajstić information content (AvgIpc) is 3.28. The highest BCUT2D eigenvalue weighted by molar-refractivity contribution is 5.77. The van der Waals surface area contributed by atoms with Crippen molar-refractivity contribution in [2.75, 3.05) is 6.61 Å². The Kier molecular flexibility index (Phi) is 49.5. The Morgan fingerprint density at radius 2 is 0.810 bits per heavy atom. The molecule has 0 radical (unpaired) electrons. The van der Waals surface area contributed by atoms with Gasteiger partial charge in [-0.05, 0) is 51.4 Å². The zero-order valence-corrected chi connectivity index (χ0v) is 42.2. The van der Waals surface area contributed by atoms with Gasteiger partial charge in [-0.25, -0.2) is 0 Å². The van der Waals surface area contributed by atoms with Crippen molar-refractivity contribution >= 4 is 11.9 Å². The summed E-state index contributed by atoms with van der Waals surface area (Å²) in [6.07, 6.45) is 60.7. The molecule has 0 aliphatic carbocycles. The van der Waals surface area contributed by atoms with E-state index in [2.05, 4.69) is 62.5 Å². The van der Waals surface area contributed by atoms with Crippen molar-refractivity contribution in [2.45, 2.75) is 309 Å². The highest BCUT2D eigenvalue weighted by atomic mass is 16.5. The van der Waals surface area contributed by atoms with Crippen LogP contribution in [0.5, 0.6) is 0 Å². The second-order valence-electron chi connectivity index (χ2n) is 19.1. The van der Waals surface area contributed by atoms with Gasteiger partial charge in [0.25, 0.3) is 0 Å². The molecule has 0 spiro atoms. The number of allylic oxidation sites excluding steroid dienone is 6. The first-order valence-electron chi connectivity index (χ1n) is 27.7. The first-order chi connectivity index (χ1) is 31.0. The van der Waals surface area contributed by atoms with E-state index in [4.69, 9.17) is 4.74 Å². The number of nitrogens with one attached hydrogen (secondary N) is 1. The Labute approximate surface area is 392 Å². The van der Waals surface area contributed by atoms with E-state index in [0.29, 0.717) is 19.3 Å². The molecule has 0 aliphatic rings. The Bertz CT molecular complexity index is 1040. The molecule has 0 saturated carbocycles.